The van der Waals surface area contributed by atoms with E-state index in [4.69, 9.17) is 4.74 Å². The van der Waals surface area contributed by atoms with E-state index in [1.165, 1.54) is 5.56 Å². The van der Waals surface area contributed by atoms with Gasteiger partial charge in [0, 0.05) is 38.1 Å². The molecule has 2 atom stereocenters. The molecule has 1 aromatic rings. The zero-order chi connectivity index (χ0) is 18.1. The molecule has 2 saturated heterocycles. The Kier molecular flexibility index (Phi) is 5.07. The van der Waals surface area contributed by atoms with E-state index in [0.717, 1.165) is 26.1 Å². The molecule has 5 nitrogen and oxygen atoms in total. The molecule has 0 unspecified atom stereocenters. The Hall–Kier alpha value is -1.59. The molecule has 3 rings (SSSR count). The molecule has 0 bridgehead atoms. The highest BCUT2D eigenvalue weighted by atomic mass is 16.6. The first kappa shape index (κ1) is 18.2. The predicted molar refractivity (Wildman–Crippen MR) is 97.2 cm³/mol. The van der Waals surface area contributed by atoms with E-state index in [1.807, 2.05) is 31.7 Å². The Morgan fingerprint density at radius 3 is 2.64 bits per heavy atom. The number of piperidine rings is 1. The molecule has 2 fully saturated rings. The molecule has 0 saturated carbocycles. The predicted octanol–water partition coefficient (Wildman–Crippen LogP) is 2.74. The Labute approximate surface area is 150 Å². The fourth-order valence-electron chi connectivity index (χ4n) is 4.11. The molecule has 138 valence electrons. The van der Waals surface area contributed by atoms with E-state index >= 15 is 0 Å². The van der Waals surface area contributed by atoms with Gasteiger partial charge in [-0.25, -0.2) is 4.79 Å². The molecule has 0 aromatic heterocycles. The van der Waals surface area contributed by atoms with Crippen LogP contribution >= 0.6 is 0 Å². The maximum absolute atomic E-state index is 12.4. The van der Waals surface area contributed by atoms with Crippen molar-refractivity contribution in [1.29, 1.82) is 0 Å². The van der Waals surface area contributed by atoms with Crippen LogP contribution in [-0.2, 0) is 11.3 Å². The molecule has 5 heteroatoms. The lowest BCUT2D eigenvalue weighted by Crippen LogP contribution is -2.51. The first-order valence-corrected chi connectivity index (χ1v) is 9.16. The van der Waals surface area contributed by atoms with Gasteiger partial charge >= 0.3 is 6.09 Å². The van der Waals surface area contributed by atoms with Crippen molar-refractivity contribution in [2.75, 3.05) is 32.8 Å². The third kappa shape index (κ3) is 4.15. The van der Waals surface area contributed by atoms with E-state index in [1.54, 1.807) is 0 Å². The largest absolute Gasteiger partial charge is 0.444 e. The van der Waals surface area contributed by atoms with Crippen LogP contribution < -0.4 is 0 Å². The van der Waals surface area contributed by atoms with Crippen LogP contribution in [0.2, 0.25) is 0 Å². The quantitative estimate of drug-likeness (QED) is 0.914. The summed E-state index contributed by atoms with van der Waals surface area (Å²) in [5, 5.41) is 10.1. The first-order valence-electron chi connectivity index (χ1n) is 9.16. The van der Waals surface area contributed by atoms with Gasteiger partial charge in [0.05, 0.1) is 6.61 Å². The zero-order valence-electron chi connectivity index (χ0n) is 15.6. The second-order valence-electron chi connectivity index (χ2n) is 8.55. The number of hydrogen-bond donors (Lipinski definition) is 1. The average molecular weight is 346 g/mol. The standard InChI is InChI=1S/C20H30N2O3/c1-19(2,3)25-18(24)22-10-9-20(15-23)14-21(12-17(20)13-22)11-16-7-5-4-6-8-16/h4-8,17,23H,9-15H2,1-3H3/t17-,20+/m1/s1. The Bertz CT molecular complexity index is 599. The number of fused-ring (bicyclic) bond motifs is 1. The molecule has 0 aliphatic carbocycles. The zero-order valence-corrected chi connectivity index (χ0v) is 15.6. The molecule has 2 aliphatic heterocycles. The number of nitrogens with zero attached hydrogens (tertiary/aromatic N) is 2. The summed E-state index contributed by atoms with van der Waals surface area (Å²) in [6.45, 7) is 9.89. The molecule has 1 amide bonds. The highest BCUT2D eigenvalue weighted by Crippen LogP contribution is 2.43. The molecule has 1 aromatic carbocycles. The molecule has 25 heavy (non-hydrogen) atoms. The fraction of sp³-hybridized carbons (Fsp3) is 0.650. The SMILES string of the molecule is CC(C)(C)OC(=O)N1CC[C@@]2(CO)CN(Cc3ccccc3)C[C@@H]2C1. The summed E-state index contributed by atoms with van der Waals surface area (Å²) >= 11 is 0. The number of aliphatic hydroxyl groups is 1. The second-order valence-corrected chi connectivity index (χ2v) is 8.55. The highest BCUT2D eigenvalue weighted by Gasteiger charge is 2.50. The van der Waals surface area contributed by atoms with Gasteiger partial charge in [-0.2, -0.15) is 0 Å². The van der Waals surface area contributed by atoms with Crippen LogP contribution in [0.15, 0.2) is 30.3 Å². The van der Waals surface area contributed by atoms with Gasteiger partial charge in [0.1, 0.15) is 5.60 Å². The van der Waals surface area contributed by atoms with Gasteiger partial charge in [0.2, 0.25) is 0 Å². The Balaban J connectivity index is 1.65. The van der Waals surface area contributed by atoms with Gasteiger partial charge in [0.25, 0.3) is 0 Å². The van der Waals surface area contributed by atoms with Gasteiger partial charge in [-0.3, -0.25) is 4.90 Å². The van der Waals surface area contributed by atoms with E-state index < -0.39 is 5.60 Å². The average Bonchev–Trinajstić information content (AvgIpc) is 2.91. The van der Waals surface area contributed by atoms with Gasteiger partial charge in [-0.05, 0) is 38.7 Å². The maximum Gasteiger partial charge on any atom is 0.410 e. The lowest BCUT2D eigenvalue weighted by Gasteiger charge is -2.42. The van der Waals surface area contributed by atoms with Gasteiger partial charge in [0.15, 0.2) is 0 Å². The summed E-state index contributed by atoms with van der Waals surface area (Å²) in [6, 6.07) is 10.4. The Morgan fingerprint density at radius 2 is 2.00 bits per heavy atom. The molecule has 2 heterocycles. The van der Waals surface area contributed by atoms with E-state index in [9.17, 15) is 9.90 Å². The van der Waals surface area contributed by atoms with E-state index in [2.05, 4.69) is 29.2 Å². The van der Waals surface area contributed by atoms with Crippen molar-refractivity contribution in [1.82, 2.24) is 9.80 Å². The second kappa shape index (κ2) is 6.96. The van der Waals surface area contributed by atoms with Crippen LogP contribution in [-0.4, -0.2) is 59.4 Å². The topological polar surface area (TPSA) is 53.0 Å². The smallest absolute Gasteiger partial charge is 0.410 e. The van der Waals surface area contributed by atoms with Gasteiger partial charge in [-0.15, -0.1) is 0 Å². The van der Waals surface area contributed by atoms with Crippen molar-refractivity contribution in [3.8, 4) is 0 Å². The van der Waals surface area contributed by atoms with Crippen LogP contribution in [0.4, 0.5) is 4.79 Å². The van der Waals surface area contributed by atoms with E-state index in [-0.39, 0.29) is 18.1 Å². The summed E-state index contributed by atoms with van der Waals surface area (Å²) in [4.78, 5) is 16.6. The van der Waals surface area contributed by atoms with Crippen molar-refractivity contribution in [2.24, 2.45) is 11.3 Å². The normalized spacial score (nSPS) is 27.2. The number of benzene rings is 1. The number of hydrogen-bond acceptors (Lipinski definition) is 4. The van der Waals surface area contributed by atoms with Crippen LogP contribution in [0.3, 0.4) is 0 Å². The summed E-state index contributed by atoms with van der Waals surface area (Å²) in [7, 11) is 0. The van der Waals surface area contributed by atoms with Crippen LogP contribution in [0.25, 0.3) is 0 Å². The fourth-order valence-corrected chi connectivity index (χ4v) is 4.11. The third-order valence-electron chi connectivity index (χ3n) is 5.42. The number of amides is 1. The van der Waals surface area contributed by atoms with Crippen molar-refractivity contribution in [3.05, 3.63) is 35.9 Å². The van der Waals surface area contributed by atoms with E-state index in [0.29, 0.717) is 19.0 Å². The number of carbonyl (C=O) groups is 1. The van der Waals surface area contributed by atoms with Crippen molar-refractivity contribution in [2.45, 2.75) is 39.3 Å². The molecular weight excluding hydrogens is 316 g/mol. The van der Waals surface area contributed by atoms with Gasteiger partial charge < -0.3 is 14.7 Å². The van der Waals surface area contributed by atoms with Crippen molar-refractivity contribution >= 4 is 6.09 Å². The van der Waals surface area contributed by atoms with Crippen LogP contribution in [0.5, 0.6) is 0 Å². The summed E-state index contributed by atoms with van der Waals surface area (Å²) in [6.07, 6.45) is 0.596. The first-order chi connectivity index (χ1) is 11.8. The number of rotatable bonds is 3. The number of likely N-dealkylation sites (tertiary alicyclic amines) is 2. The minimum Gasteiger partial charge on any atom is -0.444 e. The summed E-state index contributed by atoms with van der Waals surface area (Å²) in [5.74, 6) is 0.294. The Morgan fingerprint density at radius 1 is 1.28 bits per heavy atom. The number of ether oxygens (including phenoxy) is 1. The van der Waals surface area contributed by atoms with Crippen molar-refractivity contribution in [3.63, 3.8) is 0 Å². The monoisotopic (exact) mass is 346 g/mol. The van der Waals surface area contributed by atoms with Crippen molar-refractivity contribution < 1.29 is 14.6 Å². The molecule has 1 N–H and O–H groups in total. The molecule has 0 spiro atoms. The van der Waals surface area contributed by atoms with Crippen LogP contribution in [0, 0.1) is 11.3 Å². The summed E-state index contributed by atoms with van der Waals surface area (Å²) < 4.78 is 5.53. The number of aliphatic hydroxyl groups excluding tert-OH is 1. The van der Waals surface area contributed by atoms with Crippen LogP contribution in [0.1, 0.15) is 32.8 Å². The lowest BCUT2D eigenvalue weighted by atomic mass is 9.73. The van der Waals surface area contributed by atoms with Gasteiger partial charge in [-0.1, -0.05) is 30.3 Å². The minimum atomic E-state index is -0.475. The maximum atomic E-state index is 12.4. The molecule has 2 aliphatic rings. The number of carbonyl (C=O) groups excluding carboxylic acids is 1. The highest BCUT2D eigenvalue weighted by molar-refractivity contribution is 5.68. The third-order valence-corrected chi connectivity index (χ3v) is 5.42. The molecular formula is C20H30N2O3. The lowest BCUT2D eigenvalue weighted by molar-refractivity contribution is -0.0121. The summed E-state index contributed by atoms with van der Waals surface area (Å²) in [5.41, 5.74) is 0.725. The minimum absolute atomic E-state index is 0.0900. The molecule has 0 radical (unpaired) electrons.